The molecule has 0 saturated carbocycles. The minimum absolute atomic E-state index is 0.163. The van der Waals surface area contributed by atoms with Crippen LogP contribution in [-0.4, -0.2) is 17.1 Å². The summed E-state index contributed by atoms with van der Waals surface area (Å²) < 4.78 is 4.94. The Hall–Kier alpha value is -1.10. The molecule has 0 aliphatic heterocycles. The van der Waals surface area contributed by atoms with Gasteiger partial charge in [-0.1, -0.05) is 11.3 Å². The second-order valence-electron chi connectivity index (χ2n) is 2.92. The fraction of sp³-hybridized carbons (Fsp3) is 0.500. The van der Waals surface area contributed by atoms with E-state index in [9.17, 15) is 9.59 Å². The number of esters is 1. The van der Waals surface area contributed by atoms with Gasteiger partial charge in [-0.15, -0.1) is 0 Å². The molecule has 0 aliphatic rings. The highest BCUT2D eigenvalue weighted by Crippen LogP contribution is 2.10. The number of rotatable bonds is 2. The van der Waals surface area contributed by atoms with Gasteiger partial charge in [0, 0.05) is 5.69 Å². The molecule has 0 spiro atoms. The summed E-state index contributed by atoms with van der Waals surface area (Å²) in [6.45, 7) is 5.21. The third kappa shape index (κ3) is 2.42. The molecule has 1 aromatic heterocycles. The number of aryl methyl sites for hydroxylation is 1. The van der Waals surface area contributed by atoms with Gasteiger partial charge in [-0.25, -0.2) is 4.79 Å². The first-order valence-electron chi connectivity index (χ1n) is 3.91. The molecular formula is C8H11NO3S. The van der Waals surface area contributed by atoms with Crippen LogP contribution in [0.5, 0.6) is 0 Å². The van der Waals surface area contributed by atoms with Gasteiger partial charge in [-0.3, -0.25) is 4.79 Å². The summed E-state index contributed by atoms with van der Waals surface area (Å²) in [5.41, 5.74) is 0.570. The Labute approximate surface area is 79.6 Å². The minimum atomic E-state index is -0.434. The van der Waals surface area contributed by atoms with Crippen molar-refractivity contribution < 1.29 is 9.53 Å². The Balaban J connectivity index is 2.89. The maximum Gasteiger partial charge on any atom is 0.350 e. The molecule has 0 saturated heterocycles. The number of carbonyl (C=O) groups is 1. The number of aromatic amines is 1. The molecule has 1 heterocycles. The van der Waals surface area contributed by atoms with E-state index in [0.29, 0.717) is 10.6 Å². The zero-order valence-corrected chi connectivity index (χ0v) is 8.53. The summed E-state index contributed by atoms with van der Waals surface area (Å²) in [7, 11) is 0. The van der Waals surface area contributed by atoms with E-state index in [4.69, 9.17) is 4.74 Å². The van der Waals surface area contributed by atoms with Crippen LogP contribution in [0.1, 0.15) is 29.2 Å². The van der Waals surface area contributed by atoms with Gasteiger partial charge >= 0.3 is 10.8 Å². The van der Waals surface area contributed by atoms with E-state index in [-0.39, 0.29) is 11.0 Å². The van der Waals surface area contributed by atoms with Gasteiger partial charge in [0.25, 0.3) is 0 Å². The third-order valence-corrected chi connectivity index (χ3v) is 2.32. The standard InChI is InChI=1S/C8H11NO3S/c1-4(2)12-7(10)6-5(3)9-8(11)13-6/h4H,1-3H3,(H,9,11). The van der Waals surface area contributed by atoms with E-state index in [2.05, 4.69) is 4.98 Å². The van der Waals surface area contributed by atoms with Crippen LogP contribution in [0.3, 0.4) is 0 Å². The summed E-state index contributed by atoms with van der Waals surface area (Å²) in [5, 5.41) is 0. The second-order valence-corrected chi connectivity index (χ2v) is 3.91. The largest absolute Gasteiger partial charge is 0.459 e. The van der Waals surface area contributed by atoms with Gasteiger partial charge in [-0.05, 0) is 20.8 Å². The number of hydrogen-bond donors (Lipinski definition) is 1. The van der Waals surface area contributed by atoms with Crippen molar-refractivity contribution in [3.63, 3.8) is 0 Å². The van der Waals surface area contributed by atoms with Crippen LogP contribution < -0.4 is 4.87 Å². The van der Waals surface area contributed by atoms with E-state index in [0.717, 1.165) is 11.3 Å². The summed E-state index contributed by atoms with van der Waals surface area (Å²) >= 11 is 0.879. The number of aromatic nitrogens is 1. The maximum absolute atomic E-state index is 11.3. The molecule has 0 aromatic carbocycles. The van der Waals surface area contributed by atoms with Crippen LogP contribution in [0, 0.1) is 6.92 Å². The SMILES string of the molecule is Cc1[nH]c(=O)sc1C(=O)OC(C)C. The Bertz CT molecular complexity index is 364. The number of ether oxygens (including phenoxy) is 1. The van der Waals surface area contributed by atoms with Gasteiger partial charge in [0.15, 0.2) is 0 Å². The highest BCUT2D eigenvalue weighted by atomic mass is 32.1. The van der Waals surface area contributed by atoms with Crippen molar-refractivity contribution in [3.05, 3.63) is 20.2 Å². The summed E-state index contributed by atoms with van der Waals surface area (Å²) in [6, 6.07) is 0. The molecule has 0 unspecified atom stereocenters. The van der Waals surface area contributed by atoms with Gasteiger partial charge in [-0.2, -0.15) is 0 Å². The first-order valence-corrected chi connectivity index (χ1v) is 4.73. The number of hydrogen-bond acceptors (Lipinski definition) is 4. The molecule has 72 valence electrons. The van der Waals surface area contributed by atoms with Crippen molar-refractivity contribution >= 4 is 17.3 Å². The first kappa shape index (κ1) is 9.98. The van der Waals surface area contributed by atoms with E-state index in [1.54, 1.807) is 20.8 Å². The third-order valence-electron chi connectivity index (χ3n) is 1.35. The molecule has 0 aliphatic carbocycles. The van der Waals surface area contributed by atoms with E-state index >= 15 is 0 Å². The Morgan fingerprint density at radius 3 is 2.54 bits per heavy atom. The summed E-state index contributed by atoms with van der Waals surface area (Å²) in [5.74, 6) is -0.434. The van der Waals surface area contributed by atoms with Gasteiger partial charge < -0.3 is 9.72 Å². The Kier molecular flexibility index (Phi) is 2.87. The lowest BCUT2D eigenvalue weighted by Crippen LogP contribution is -2.11. The van der Waals surface area contributed by atoms with Crippen LogP contribution >= 0.6 is 11.3 Å². The van der Waals surface area contributed by atoms with E-state index < -0.39 is 5.97 Å². The summed E-state index contributed by atoms with van der Waals surface area (Å²) in [6.07, 6.45) is -0.163. The van der Waals surface area contributed by atoms with Crippen molar-refractivity contribution in [2.75, 3.05) is 0 Å². The van der Waals surface area contributed by atoms with Crippen LogP contribution in [0.15, 0.2) is 4.79 Å². The lowest BCUT2D eigenvalue weighted by atomic mass is 10.4. The van der Waals surface area contributed by atoms with Crippen LogP contribution in [0.2, 0.25) is 0 Å². The van der Waals surface area contributed by atoms with Crippen LogP contribution in [0.4, 0.5) is 0 Å². The number of thiazole rings is 1. The molecule has 1 rings (SSSR count). The molecule has 0 amide bonds. The lowest BCUT2D eigenvalue weighted by Gasteiger charge is -2.05. The normalized spacial score (nSPS) is 10.5. The average Bonchev–Trinajstić information content (AvgIpc) is 2.28. The first-order chi connectivity index (χ1) is 6.00. The minimum Gasteiger partial charge on any atom is -0.459 e. The highest BCUT2D eigenvalue weighted by Gasteiger charge is 2.15. The van der Waals surface area contributed by atoms with E-state index in [1.165, 1.54) is 0 Å². The van der Waals surface area contributed by atoms with Crippen molar-refractivity contribution in [1.82, 2.24) is 4.98 Å². The maximum atomic E-state index is 11.3. The number of H-pyrrole nitrogens is 1. The zero-order valence-electron chi connectivity index (χ0n) is 7.71. The fourth-order valence-electron chi connectivity index (χ4n) is 0.867. The number of nitrogens with one attached hydrogen (secondary N) is 1. The van der Waals surface area contributed by atoms with Crippen molar-refractivity contribution in [3.8, 4) is 0 Å². The van der Waals surface area contributed by atoms with Crippen LogP contribution in [-0.2, 0) is 4.74 Å². The average molecular weight is 201 g/mol. The Morgan fingerprint density at radius 1 is 1.54 bits per heavy atom. The van der Waals surface area contributed by atoms with E-state index in [1.807, 2.05) is 0 Å². The van der Waals surface area contributed by atoms with Crippen molar-refractivity contribution in [2.24, 2.45) is 0 Å². The molecule has 1 N–H and O–H groups in total. The predicted molar refractivity (Wildman–Crippen MR) is 50.2 cm³/mol. The molecule has 1 aromatic rings. The monoisotopic (exact) mass is 201 g/mol. The quantitative estimate of drug-likeness (QED) is 0.734. The number of carbonyl (C=O) groups excluding carboxylic acids is 1. The predicted octanol–water partition coefficient (Wildman–Crippen LogP) is 1.31. The topological polar surface area (TPSA) is 59.2 Å². The highest BCUT2D eigenvalue weighted by molar-refractivity contribution is 7.11. The molecular weight excluding hydrogens is 190 g/mol. The molecule has 13 heavy (non-hydrogen) atoms. The molecule has 0 radical (unpaired) electrons. The molecule has 0 bridgehead atoms. The lowest BCUT2D eigenvalue weighted by molar-refractivity contribution is 0.0382. The molecule has 0 atom stereocenters. The smallest absolute Gasteiger partial charge is 0.350 e. The van der Waals surface area contributed by atoms with Gasteiger partial charge in [0.05, 0.1) is 6.10 Å². The summed E-state index contributed by atoms with van der Waals surface area (Å²) in [4.78, 5) is 24.8. The molecule has 4 nitrogen and oxygen atoms in total. The van der Waals surface area contributed by atoms with Crippen molar-refractivity contribution in [1.29, 1.82) is 0 Å². The molecule has 0 fully saturated rings. The second kappa shape index (κ2) is 3.74. The Morgan fingerprint density at radius 2 is 2.15 bits per heavy atom. The molecule has 5 heteroatoms. The van der Waals surface area contributed by atoms with Crippen LogP contribution in [0.25, 0.3) is 0 Å². The van der Waals surface area contributed by atoms with Gasteiger partial charge in [0.2, 0.25) is 0 Å². The fourth-order valence-corrected chi connectivity index (χ4v) is 1.59. The van der Waals surface area contributed by atoms with Gasteiger partial charge in [0.1, 0.15) is 4.88 Å². The zero-order chi connectivity index (χ0) is 10.0. The van der Waals surface area contributed by atoms with Crippen molar-refractivity contribution in [2.45, 2.75) is 26.9 Å².